The highest BCUT2D eigenvalue weighted by Gasteiger charge is 2.29. The summed E-state index contributed by atoms with van der Waals surface area (Å²) in [6.07, 6.45) is 0.188. The second-order valence-corrected chi connectivity index (χ2v) is 8.88. The van der Waals surface area contributed by atoms with E-state index in [1.54, 1.807) is 30.3 Å². The van der Waals surface area contributed by atoms with Crippen molar-refractivity contribution in [2.75, 3.05) is 6.54 Å². The lowest BCUT2D eigenvalue weighted by Crippen LogP contribution is -2.31. The lowest BCUT2D eigenvalue weighted by molar-refractivity contribution is 0.0981. The molecule has 0 aromatic heterocycles. The molecule has 0 unspecified atom stereocenters. The smallest absolute Gasteiger partial charge is 0.243 e. The van der Waals surface area contributed by atoms with Gasteiger partial charge in [-0.15, -0.1) is 0 Å². The highest BCUT2D eigenvalue weighted by Crippen LogP contribution is 2.28. The highest BCUT2D eigenvalue weighted by atomic mass is 79.9. The molecule has 126 valence electrons. The molecule has 6 heteroatoms. The molecule has 0 fully saturated rings. The van der Waals surface area contributed by atoms with Crippen LogP contribution in [0.15, 0.2) is 45.8 Å². The molecule has 0 aliphatic carbocycles. The number of ketones is 1. The second-order valence-electron chi connectivity index (χ2n) is 6.08. The third-order valence-electron chi connectivity index (χ3n) is 4.28. The van der Waals surface area contributed by atoms with E-state index in [4.69, 9.17) is 0 Å². The zero-order chi connectivity index (χ0) is 17.5. The molecule has 0 radical (unpaired) electrons. The Labute approximate surface area is 150 Å². The van der Waals surface area contributed by atoms with Crippen LogP contribution in [0.2, 0.25) is 0 Å². The Balaban J connectivity index is 2.02. The normalized spacial score (nSPS) is 15.9. The van der Waals surface area contributed by atoms with Crippen LogP contribution in [0.25, 0.3) is 0 Å². The molecule has 0 atom stereocenters. The average Bonchev–Trinajstić information content (AvgIpc) is 2.69. The van der Waals surface area contributed by atoms with Gasteiger partial charge in [0.1, 0.15) is 0 Å². The van der Waals surface area contributed by atoms with E-state index >= 15 is 0 Å². The lowest BCUT2D eigenvalue weighted by atomic mass is 10.0. The number of hydrogen-bond acceptors (Lipinski definition) is 3. The number of carbonyl (C=O) groups excluding carboxylic acids is 1. The van der Waals surface area contributed by atoms with E-state index in [0.29, 0.717) is 5.56 Å². The number of halogens is 1. The van der Waals surface area contributed by atoms with Crippen LogP contribution in [0.1, 0.15) is 33.5 Å². The first-order valence-electron chi connectivity index (χ1n) is 7.68. The first-order chi connectivity index (χ1) is 11.3. The van der Waals surface area contributed by atoms with E-state index in [1.165, 1.54) is 4.31 Å². The van der Waals surface area contributed by atoms with E-state index in [0.717, 1.165) is 21.2 Å². The number of carbonyl (C=O) groups is 1. The molecular formula is C18H18BrNO3S. The third kappa shape index (κ3) is 3.18. The van der Waals surface area contributed by atoms with Gasteiger partial charge in [-0.25, -0.2) is 8.42 Å². The van der Waals surface area contributed by atoms with Crippen LogP contribution in [0.4, 0.5) is 0 Å². The molecule has 4 nitrogen and oxygen atoms in total. The summed E-state index contributed by atoms with van der Waals surface area (Å²) in [5.41, 5.74) is 3.35. The highest BCUT2D eigenvalue weighted by molar-refractivity contribution is 9.10. The quantitative estimate of drug-likeness (QED) is 0.759. The number of sulfonamides is 1. The molecular weight excluding hydrogens is 390 g/mol. The van der Waals surface area contributed by atoms with Gasteiger partial charge in [0.2, 0.25) is 10.0 Å². The number of rotatable bonds is 2. The number of aryl methyl sites for hydroxylation is 2. The molecule has 24 heavy (non-hydrogen) atoms. The molecule has 0 N–H and O–H groups in total. The van der Waals surface area contributed by atoms with Crippen LogP contribution < -0.4 is 0 Å². The average molecular weight is 408 g/mol. The Morgan fingerprint density at radius 1 is 1.08 bits per heavy atom. The van der Waals surface area contributed by atoms with Gasteiger partial charge in [0.05, 0.1) is 4.90 Å². The molecule has 2 aromatic rings. The standard InChI is InChI=1S/C18H18BrNO3S/c1-12-3-5-15(6-4-12)24(22,23)20-8-7-18(21)16-10-17(19)13(2)9-14(16)11-20/h3-6,9-10H,7-8,11H2,1-2H3. The Morgan fingerprint density at radius 3 is 2.42 bits per heavy atom. The fourth-order valence-electron chi connectivity index (χ4n) is 2.83. The summed E-state index contributed by atoms with van der Waals surface area (Å²) in [5, 5.41) is 0. The van der Waals surface area contributed by atoms with Gasteiger partial charge in [-0.05, 0) is 43.2 Å². The van der Waals surface area contributed by atoms with Crippen molar-refractivity contribution in [3.63, 3.8) is 0 Å². The minimum Gasteiger partial charge on any atom is -0.294 e. The van der Waals surface area contributed by atoms with Gasteiger partial charge in [0.15, 0.2) is 5.78 Å². The van der Waals surface area contributed by atoms with Crippen LogP contribution in [0.3, 0.4) is 0 Å². The maximum atomic E-state index is 12.9. The van der Waals surface area contributed by atoms with Crippen molar-refractivity contribution >= 4 is 31.7 Å². The van der Waals surface area contributed by atoms with E-state index < -0.39 is 10.0 Å². The van der Waals surface area contributed by atoms with Crippen molar-refractivity contribution in [2.45, 2.75) is 31.7 Å². The summed E-state index contributed by atoms with van der Waals surface area (Å²) in [6.45, 7) is 4.25. The number of hydrogen-bond donors (Lipinski definition) is 0. The Morgan fingerprint density at radius 2 is 1.75 bits per heavy atom. The SMILES string of the molecule is Cc1ccc(S(=O)(=O)N2CCC(=O)c3cc(Br)c(C)cc3C2)cc1. The molecule has 1 heterocycles. The zero-order valence-electron chi connectivity index (χ0n) is 13.5. The summed E-state index contributed by atoms with van der Waals surface area (Å²) in [5.74, 6) is -0.0210. The van der Waals surface area contributed by atoms with E-state index in [1.807, 2.05) is 19.9 Å². The molecule has 0 saturated carbocycles. The largest absolute Gasteiger partial charge is 0.294 e. The van der Waals surface area contributed by atoms with Crippen LogP contribution in [0, 0.1) is 13.8 Å². The summed E-state index contributed by atoms with van der Waals surface area (Å²) in [7, 11) is -3.62. The molecule has 1 aliphatic heterocycles. The first kappa shape index (κ1) is 17.3. The van der Waals surface area contributed by atoms with E-state index in [-0.39, 0.29) is 30.2 Å². The van der Waals surface area contributed by atoms with E-state index in [9.17, 15) is 13.2 Å². The minimum atomic E-state index is -3.62. The van der Waals surface area contributed by atoms with Gasteiger partial charge >= 0.3 is 0 Å². The van der Waals surface area contributed by atoms with Crippen LogP contribution in [-0.2, 0) is 16.6 Å². The van der Waals surface area contributed by atoms with Gasteiger partial charge in [-0.1, -0.05) is 39.7 Å². The van der Waals surface area contributed by atoms with Crippen molar-refractivity contribution in [3.8, 4) is 0 Å². The molecule has 0 bridgehead atoms. The first-order valence-corrected chi connectivity index (χ1v) is 9.91. The van der Waals surface area contributed by atoms with Crippen molar-refractivity contribution in [2.24, 2.45) is 0 Å². The number of nitrogens with zero attached hydrogens (tertiary/aromatic N) is 1. The second kappa shape index (κ2) is 6.43. The topological polar surface area (TPSA) is 54.5 Å². The monoisotopic (exact) mass is 407 g/mol. The number of benzene rings is 2. The Hall–Kier alpha value is -1.50. The maximum Gasteiger partial charge on any atom is 0.243 e. The summed E-state index contributed by atoms with van der Waals surface area (Å²) in [4.78, 5) is 12.6. The summed E-state index contributed by atoms with van der Waals surface area (Å²) in [6, 6.07) is 10.5. The zero-order valence-corrected chi connectivity index (χ0v) is 15.9. The van der Waals surface area contributed by atoms with Gasteiger partial charge in [0, 0.05) is 29.5 Å². The Kier molecular flexibility index (Phi) is 4.64. The van der Waals surface area contributed by atoms with Crippen molar-refractivity contribution < 1.29 is 13.2 Å². The minimum absolute atomic E-state index is 0.0210. The van der Waals surface area contributed by atoms with Crippen molar-refractivity contribution in [1.82, 2.24) is 4.31 Å². The van der Waals surface area contributed by atoms with Crippen molar-refractivity contribution in [3.05, 3.63) is 63.1 Å². The fraction of sp³-hybridized carbons (Fsp3) is 0.278. The molecule has 2 aromatic carbocycles. The molecule has 0 amide bonds. The van der Waals surface area contributed by atoms with Gasteiger partial charge in [-0.2, -0.15) is 4.31 Å². The lowest BCUT2D eigenvalue weighted by Gasteiger charge is -2.20. The fourth-order valence-corrected chi connectivity index (χ4v) is 4.59. The van der Waals surface area contributed by atoms with Crippen molar-refractivity contribution in [1.29, 1.82) is 0 Å². The number of fused-ring (bicyclic) bond motifs is 1. The predicted octanol–water partition coefficient (Wildman–Crippen LogP) is 3.84. The Bertz CT molecular complexity index is 905. The molecule has 1 aliphatic rings. The van der Waals surface area contributed by atoms with Crippen LogP contribution in [-0.4, -0.2) is 25.1 Å². The number of Topliss-reactive ketones (excluding diaryl/α,β-unsaturated/α-hetero) is 1. The molecule has 3 rings (SSSR count). The molecule has 0 spiro atoms. The summed E-state index contributed by atoms with van der Waals surface area (Å²) >= 11 is 3.44. The van der Waals surface area contributed by atoms with E-state index in [2.05, 4.69) is 15.9 Å². The van der Waals surface area contributed by atoms with Crippen LogP contribution in [0.5, 0.6) is 0 Å². The van der Waals surface area contributed by atoms with Gasteiger partial charge in [0.25, 0.3) is 0 Å². The predicted molar refractivity (Wildman–Crippen MR) is 96.6 cm³/mol. The molecule has 0 saturated heterocycles. The maximum absolute atomic E-state index is 12.9. The van der Waals surface area contributed by atoms with Gasteiger partial charge < -0.3 is 0 Å². The third-order valence-corrected chi connectivity index (χ3v) is 6.99. The summed E-state index contributed by atoms with van der Waals surface area (Å²) < 4.78 is 28.1. The van der Waals surface area contributed by atoms with Crippen LogP contribution >= 0.6 is 15.9 Å². The van der Waals surface area contributed by atoms with Gasteiger partial charge in [-0.3, -0.25) is 4.79 Å².